The molecule has 1 saturated heterocycles. The molecule has 2 aromatic rings. The van der Waals surface area contributed by atoms with Crippen molar-refractivity contribution < 1.29 is 18.3 Å². The molecule has 1 aliphatic heterocycles. The van der Waals surface area contributed by atoms with Gasteiger partial charge in [-0.25, -0.2) is 8.78 Å². The van der Waals surface area contributed by atoms with Crippen LogP contribution in [0, 0.1) is 11.6 Å². The topological polar surface area (TPSA) is 44.8 Å². The third-order valence-electron chi connectivity index (χ3n) is 4.65. The SMILES string of the molecule is O=C(CN1CCCN(c2ccc(F)cc2)CC1)NCCOc1ccc(F)cc1. The average Bonchev–Trinajstić information content (AvgIpc) is 2.93. The maximum Gasteiger partial charge on any atom is 0.234 e. The number of halogens is 2. The Hall–Kier alpha value is -2.67. The van der Waals surface area contributed by atoms with Crippen LogP contribution in [0.4, 0.5) is 14.5 Å². The first-order valence-electron chi connectivity index (χ1n) is 9.48. The van der Waals surface area contributed by atoms with Crippen molar-refractivity contribution in [2.24, 2.45) is 0 Å². The van der Waals surface area contributed by atoms with Crippen LogP contribution in [0.1, 0.15) is 6.42 Å². The van der Waals surface area contributed by atoms with Gasteiger partial charge in [-0.05, 0) is 55.0 Å². The van der Waals surface area contributed by atoms with Crippen LogP contribution in [0.15, 0.2) is 48.5 Å². The van der Waals surface area contributed by atoms with E-state index in [0.29, 0.717) is 25.4 Å². The number of benzene rings is 2. The second-order valence-electron chi connectivity index (χ2n) is 6.75. The maximum absolute atomic E-state index is 13.1. The first-order valence-corrected chi connectivity index (χ1v) is 9.48. The Morgan fingerprint density at radius 3 is 2.32 bits per heavy atom. The predicted octanol–water partition coefficient (Wildman–Crippen LogP) is 2.67. The van der Waals surface area contributed by atoms with Crippen molar-refractivity contribution >= 4 is 11.6 Å². The van der Waals surface area contributed by atoms with E-state index < -0.39 is 0 Å². The number of hydrogen-bond donors (Lipinski definition) is 1. The van der Waals surface area contributed by atoms with Crippen molar-refractivity contribution in [1.29, 1.82) is 0 Å². The molecule has 0 bridgehead atoms. The maximum atomic E-state index is 13.1. The van der Waals surface area contributed by atoms with E-state index >= 15 is 0 Å². The third-order valence-corrected chi connectivity index (χ3v) is 4.65. The van der Waals surface area contributed by atoms with Gasteiger partial charge in [-0.3, -0.25) is 9.69 Å². The van der Waals surface area contributed by atoms with Gasteiger partial charge in [0, 0.05) is 31.9 Å². The van der Waals surface area contributed by atoms with E-state index in [9.17, 15) is 13.6 Å². The number of ether oxygens (including phenoxy) is 1. The van der Waals surface area contributed by atoms with E-state index in [-0.39, 0.29) is 17.5 Å². The normalized spacial score (nSPS) is 15.1. The number of carbonyl (C=O) groups excluding carboxylic acids is 1. The highest BCUT2D eigenvalue weighted by atomic mass is 19.1. The van der Waals surface area contributed by atoms with Gasteiger partial charge in [0.05, 0.1) is 13.1 Å². The molecule has 5 nitrogen and oxygen atoms in total. The molecule has 1 amide bonds. The van der Waals surface area contributed by atoms with Gasteiger partial charge in [0.2, 0.25) is 5.91 Å². The Bertz CT molecular complexity index is 753. The zero-order chi connectivity index (χ0) is 19.8. The summed E-state index contributed by atoms with van der Waals surface area (Å²) in [6, 6.07) is 12.3. The first kappa shape index (κ1) is 20.1. The molecule has 2 aromatic carbocycles. The quantitative estimate of drug-likeness (QED) is 0.740. The highest BCUT2D eigenvalue weighted by molar-refractivity contribution is 5.78. The molecule has 1 fully saturated rings. The summed E-state index contributed by atoms with van der Waals surface area (Å²) < 4.78 is 31.4. The molecule has 0 spiro atoms. The lowest BCUT2D eigenvalue weighted by Gasteiger charge is -2.23. The van der Waals surface area contributed by atoms with Crippen molar-refractivity contribution in [1.82, 2.24) is 10.2 Å². The number of rotatable bonds is 7. The minimum atomic E-state index is -0.309. The second kappa shape index (κ2) is 10.0. The number of hydrogen-bond acceptors (Lipinski definition) is 4. The molecule has 0 aliphatic carbocycles. The Kier molecular flexibility index (Phi) is 7.19. The fourth-order valence-electron chi connectivity index (χ4n) is 3.19. The summed E-state index contributed by atoms with van der Waals surface area (Å²) in [6.07, 6.45) is 0.943. The molecule has 3 rings (SSSR count). The largest absolute Gasteiger partial charge is 0.492 e. The number of nitrogens with one attached hydrogen (secondary N) is 1. The highest BCUT2D eigenvalue weighted by Gasteiger charge is 2.17. The lowest BCUT2D eigenvalue weighted by atomic mass is 10.2. The van der Waals surface area contributed by atoms with Crippen LogP contribution in [0.5, 0.6) is 5.75 Å². The van der Waals surface area contributed by atoms with Gasteiger partial charge in [-0.2, -0.15) is 0 Å². The Morgan fingerprint density at radius 2 is 1.61 bits per heavy atom. The van der Waals surface area contributed by atoms with Crippen LogP contribution >= 0.6 is 0 Å². The summed E-state index contributed by atoms with van der Waals surface area (Å²) in [7, 11) is 0. The second-order valence-corrected chi connectivity index (χ2v) is 6.75. The van der Waals surface area contributed by atoms with Crippen molar-refractivity contribution in [3.05, 3.63) is 60.2 Å². The van der Waals surface area contributed by atoms with E-state index in [2.05, 4.69) is 15.1 Å². The molecule has 0 atom stereocenters. The van der Waals surface area contributed by atoms with Crippen molar-refractivity contribution in [3.8, 4) is 5.75 Å². The van der Waals surface area contributed by atoms with Gasteiger partial charge in [0.1, 0.15) is 24.0 Å². The minimum absolute atomic E-state index is 0.0436. The summed E-state index contributed by atoms with van der Waals surface area (Å²) in [5.41, 5.74) is 1.01. The summed E-state index contributed by atoms with van der Waals surface area (Å²) in [5.74, 6) is -0.0154. The summed E-state index contributed by atoms with van der Waals surface area (Å²) >= 11 is 0. The molecule has 1 N–H and O–H groups in total. The highest BCUT2D eigenvalue weighted by Crippen LogP contribution is 2.17. The molecule has 150 valence electrons. The van der Waals surface area contributed by atoms with E-state index in [1.807, 2.05) is 0 Å². The molecule has 0 saturated carbocycles. The van der Waals surface area contributed by atoms with Crippen molar-refractivity contribution in [2.45, 2.75) is 6.42 Å². The van der Waals surface area contributed by atoms with Crippen LogP contribution in [0.25, 0.3) is 0 Å². The molecule has 0 radical (unpaired) electrons. The van der Waals surface area contributed by atoms with Crippen LogP contribution in [-0.4, -0.2) is 56.7 Å². The van der Waals surface area contributed by atoms with Crippen LogP contribution in [-0.2, 0) is 4.79 Å². The van der Waals surface area contributed by atoms with E-state index in [1.54, 1.807) is 24.3 Å². The van der Waals surface area contributed by atoms with Crippen LogP contribution in [0.2, 0.25) is 0 Å². The van der Waals surface area contributed by atoms with Gasteiger partial charge in [-0.15, -0.1) is 0 Å². The fourth-order valence-corrected chi connectivity index (χ4v) is 3.19. The van der Waals surface area contributed by atoms with Gasteiger partial charge >= 0.3 is 0 Å². The van der Waals surface area contributed by atoms with Gasteiger partial charge < -0.3 is 15.0 Å². The number of carbonyl (C=O) groups is 1. The lowest BCUT2D eigenvalue weighted by molar-refractivity contribution is -0.122. The Labute approximate surface area is 163 Å². The number of amides is 1. The van der Waals surface area contributed by atoms with Crippen molar-refractivity contribution in [3.63, 3.8) is 0 Å². The third kappa shape index (κ3) is 6.20. The predicted molar refractivity (Wildman–Crippen MR) is 105 cm³/mol. The molecule has 7 heteroatoms. The van der Waals surface area contributed by atoms with E-state index in [4.69, 9.17) is 4.74 Å². The minimum Gasteiger partial charge on any atom is -0.492 e. The zero-order valence-electron chi connectivity index (χ0n) is 15.7. The number of anilines is 1. The van der Waals surface area contributed by atoms with Gasteiger partial charge in [-0.1, -0.05) is 0 Å². The molecule has 0 unspecified atom stereocenters. The summed E-state index contributed by atoms with van der Waals surface area (Å²) in [4.78, 5) is 16.5. The Balaban J connectivity index is 1.36. The van der Waals surface area contributed by atoms with Gasteiger partial charge in [0.15, 0.2) is 0 Å². The lowest BCUT2D eigenvalue weighted by Crippen LogP contribution is -2.40. The first-order chi connectivity index (χ1) is 13.6. The molecular formula is C21H25F2N3O2. The molecule has 1 aliphatic rings. The zero-order valence-corrected chi connectivity index (χ0v) is 15.7. The fraction of sp³-hybridized carbons (Fsp3) is 0.381. The van der Waals surface area contributed by atoms with Crippen LogP contribution < -0.4 is 15.0 Å². The van der Waals surface area contributed by atoms with E-state index in [0.717, 1.165) is 38.3 Å². The standard InChI is InChI=1S/C21H25F2N3O2/c22-17-2-6-19(7-3-17)26-12-1-11-25(13-14-26)16-21(27)24-10-15-28-20-8-4-18(23)5-9-20/h2-9H,1,10-16H2,(H,24,27). The molecular weight excluding hydrogens is 364 g/mol. The van der Waals surface area contributed by atoms with E-state index in [1.165, 1.54) is 24.3 Å². The number of nitrogens with zero attached hydrogens (tertiary/aromatic N) is 2. The van der Waals surface area contributed by atoms with Gasteiger partial charge in [0.25, 0.3) is 0 Å². The molecule has 28 heavy (non-hydrogen) atoms. The molecule has 0 aromatic heterocycles. The average molecular weight is 389 g/mol. The molecule has 1 heterocycles. The summed E-state index contributed by atoms with van der Waals surface area (Å²) in [5, 5.41) is 2.85. The van der Waals surface area contributed by atoms with Crippen molar-refractivity contribution in [2.75, 3.05) is 50.8 Å². The smallest absolute Gasteiger partial charge is 0.234 e. The summed E-state index contributed by atoms with van der Waals surface area (Å²) in [6.45, 7) is 4.37. The van der Waals surface area contributed by atoms with Crippen LogP contribution in [0.3, 0.4) is 0 Å². The Morgan fingerprint density at radius 1 is 0.929 bits per heavy atom. The monoisotopic (exact) mass is 389 g/mol.